The van der Waals surface area contributed by atoms with Crippen LogP contribution in [0.25, 0.3) is 67.1 Å². The molecular formula is C46H33N5OPd. The van der Waals surface area contributed by atoms with Crippen LogP contribution in [0.15, 0.2) is 146 Å². The average molecular weight is 778 g/mol. The molecule has 0 saturated carbocycles. The number of aromatic nitrogens is 5. The first-order valence-electron chi connectivity index (χ1n) is 17.3. The molecule has 0 saturated heterocycles. The number of benzene rings is 5. The smallest absolute Gasteiger partial charge is 0.509 e. The van der Waals surface area contributed by atoms with Crippen molar-refractivity contribution in [1.29, 1.82) is 0 Å². The molecule has 4 heterocycles. The number of hydrogen-bond acceptors (Lipinski definition) is 4. The van der Waals surface area contributed by atoms with Crippen molar-refractivity contribution in [3.63, 3.8) is 0 Å². The number of rotatable bonds is 7. The van der Waals surface area contributed by atoms with Gasteiger partial charge in [-0.05, 0) is 84.4 Å². The number of pyridine rings is 2. The minimum Gasteiger partial charge on any atom is -0.509 e. The minimum absolute atomic E-state index is 0. The fourth-order valence-electron chi connectivity index (χ4n) is 7.13. The zero-order valence-electron chi connectivity index (χ0n) is 29.3. The van der Waals surface area contributed by atoms with E-state index in [9.17, 15) is 0 Å². The van der Waals surface area contributed by atoms with Crippen molar-refractivity contribution < 1.29 is 25.2 Å². The Balaban J connectivity index is 0.00000400. The fraction of sp³-hybridized carbons (Fsp3) is 0.0652. The van der Waals surface area contributed by atoms with Gasteiger partial charge in [-0.3, -0.25) is 9.67 Å². The third kappa shape index (κ3) is 6.14. The molecule has 0 fully saturated rings. The molecular weight excluding hydrogens is 745 g/mol. The van der Waals surface area contributed by atoms with Crippen LogP contribution in [0.5, 0.6) is 11.5 Å². The van der Waals surface area contributed by atoms with Gasteiger partial charge in [-0.25, -0.2) is 4.98 Å². The molecule has 0 spiro atoms. The fourth-order valence-corrected chi connectivity index (χ4v) is 7.13. The molecule has 7 heteroatoms. The Labute approximate surface area is 322 Å². The number of hydrogen-bond donors (Lipinski definition) is 0. The molecule has 0 radical (unpaired) electrons. The van der Waals surface area contributed by atoms with Crippen molar-refractivity contribution in [2.75, 3.05) is 0 Å². The van der Waals surface area contributed by atoms with Crippen molar-refractivity contribution in [3.8, 4) is 56.8 Å². The van der Waals surface area contributed by atoms with Crippen molar-refractivity contribution in [1.82, 2.24) is 24.3 Å². The Morgan fingerprint density at radius 3 is 2.15 bits per heavy atom. The monoisotopic (exact) mass is 777 g/mol. The molecule has 0 N–H and O–H groups in total. The summed E-state index contributed by atoms with van der Waals surface area (Å²) in [5, 5.41) is 7.53. The zero-order valence-corrected chi connectivity index (χ0v) is 30.9. The third-order valence-electron chi connectivity index (χ3n) is 9.46. The molecule has 53 heavy (non-hydrogen) atoms. The van der Waals surface area contributed by atoms with Gasteiger partial charge >= 0.3 is 20.4 Å². The van der Waals surface area contributed by atoms with Crippen LogP contribution in [0.3, 0.4) is 0 Å². The van der Waals surface area contributed by atoms with Gasteiger partial charge in [-0.1, -0.05) is 78.3 Å². The first-order chi connectivity index (χ1) is 25.5. The summed E-state index contributed by atoms with van der Waals surface area (Å²) in [6.07, 6.45) is 3.67. The second kappa shape index (κ2) is 14.1. The van der Waals surface area contributed by atoms with Gasteiger partial charge < -0.3 is 9.30 Å². The van der Waals surface area contributed by atoms with E-state index >= 15 is 0 Å². The van der Waals surface area contributed by atoms with Gasteiger partial charge in [0.15, 0.2) is 0 Å². The number of aryl methyl sites for hydroxylation is 3. The zero-order chi connectivity index (χ0) is 35.2. The second-order valence-corrected chi connectivity index (χ2v) is 13.0. The van der Waals surface area contributed by atoms with E-state index in [1.54, 1.807) is 0 Å². The van der Waals surface area contributed by atoms with E-state index in [-0.39, 0.29) is 20.4 Å². The van der Waals surface area contributed by atoms with E-state index in [0.29, 0.717) is 11.5 Å². The summed E-state index contributed by atoms with van der Waals surface area (Å²) >= 11 is 0. The summed E-state index contributed by atoms with van der Waals surface area (Å²) in [6, 6.07) is 52.2. The van der Waals surface area contributed by atoms with Gasteiger partial charge in [0.05, 0.1) is 11.4 Å². The van der Waals surface area contributed by atoms with Crippen LogP contribution in [0.1, 0.15) is 16.7 Å². The second-order valence-electron chi connectivity index (χ2n) is 13.0. The Bertz CT molecular complexity index is 2730. The largest absolute Gasteiger partial charge is 2.00 e. The Kier molecular flexibility index (Phi) is 9.06. The van der Waals surface area contributed by atoms with Crippen LogP contribution in [0.2, 0.25) is 0 Å². The minimum atomic E-state index is 0. The molecule has 4 aromatic heterocycles. The Morgan fingerprint density at radius 1 is 0.604 bits per heavy atom. The summed E-state index contributed by atoms with van der Waals surface area (Å²) in [5.74, 6) is 1.95. The maximum Gasteiger partial charge on any atom is 2.00 e. The molecule has 5 aromatic carbocycles. The number of ether oxygens (including phenoxy) is 1. The molecule has 0 aliphatic heterocycles. The van der Waals surface area contributed by atoms with Gasteiger partial charge in [0.1, 0.15) is 11.5 Å². The van der Waals surface area contributed by atoms with Crippen LogP contribution in [0, 0.1) is 32.9 Å². The Morgan fingerprint density at radius 2 is 1.36 bits per heavy atom. The quantitative estimate of drug-likeness (QED) is 0.119. The predicted molar refractivity (Wildman–Crippen MR) is 208 cm³/mol. The summed E-state index contributed by atoms with van der Waals surface area (Å²) in [5.41, 5.74) is 11.9. The maximum atomic E-state index is 6.55. The molecule has 258 valence electrons. The maximum absolute atomic E-state index is 6.55. The summed E-state index contributed by atoms with van der Waals surface area (Å²) in [6.45, 7) is 6.38. The Hall–Kier alpha value is -6.13. The van der Waals surface area contributed by atoms with Gasteiger partial charge in [-0.2, -0.15) is 17.2 Å². The first-order valence-corrected chi connectivity index (χ1v) is 17.3. The number of nitrogens with zero attached hydrogens (tertiary/aromatic N) is 5. The van der Waals surface area contributed by atoms with E-state index in [2.05, 4.69) is 104 Å². The molecule has 0 aliphatic rings. The summed E-state index contributed by atoms with van der Waals surface area (Å²) in [4.78, 5) is 9.56. The van der Waals surface area contributed by atoms with E-state index in [0.717, 1.165) is 72.6 Å². The van der Waals surface area contributed by atoms with Crippen molar-refractivity contribution in [3.05, 3.63) is 175 Å². The standard InChI is InChI=1S/C46H33N5O.Pd/c1-30-24-26-48-42(27-30)50-40-21-8-7-19-37(40)38-23-22-36(29-41(38)50)52-35-18-12-17-34(28-35)51-46(39-20-9-10-25-47-39)44(43-31(2)13-11-14-32(43)3)45(49-51)33-15-5-4-6-16-33;/h4-27H,1-3H3;/q-2;+2. The van der Waals surface area contributed by atoms with Crippen LogP contribution >= 0.6 is 0 Å². The normalized spacial score (nSPS) is 11.2. The van der Waals surface area contributed by atoms with Crippen LogP contribution in [-0.4, -0.2) is 24.3 Å². The predicted octanol–water partition coefficient (Wildman–Crippen LogP) is 11.1. The topological polar surface area (TPSA) is 57.8 Å². The van der Waals surface area contributed by atoms with Gasteiger partial charge in [0.2, 0.25) is 0 Å². The number of para-hydroxylation sites is 1. The molecule has 0 bridgehead atoms. The van der Waals surface area contributed by atoms with Crippen molar-refractivity contribution in [2.45, 2.75) is 20.8 Å². The molecule has 6 nitrogen and oxygen atoms in total. The SMILES string of the molecule is Cc1ccnc(-n2c3[c-]c(Oc4[c-]c(-n5nc(-c6ccccc6)c(-c6c(C)cccc6C)c5-c5ccccn5)ccc4)ccc3c3ccccc32)c1.[Pd+2]. The van der Waals surface area contributed by atoms with E-state index in [4.69, 9.17) is 19.8 Å². The molecule has 9 rings (SSSR count). The van der Waals surface area contributed by atoms with Crippen molar-refractivity contribution in [2.24, 2.45) is 0 Å². The molecule has 9 aromatic rings. The van der Waals surface area contributed by atoms with Crippen LogP contribution in [-0.2, 0) is 20.4 Å². The van der Waals surface area contributed by atoms with Crippen LogP contribution < -0.4 is 4.74 Å². The van der Waals surface area contributed by atoms with Gasteiger partial charge in [-0.15, -0.1) is 35.7 Å². The number of fused-ring (bicyclic) bond motifs is 3. The summed E-state index contributed by atoms with van der Waals surface area (Å²) < 4.78 is 10.6. The average Bonchev–Trinajstić information content (AvgIpc) is 3.72. The van der Waals surface area contributed by atoms with Crippen LogP contribution in [0.4, 0.5) is 0 Å². The molecule has 0 amide bonds. The van der Waals surface area contributed by atoms with E-state index < -0.39 is 0 Å². The van der Waals surface area contributed by atoms with E-state index in [1.807, 2.05) is 83.8 Å². The third-order valence-corrected chi connectivity index (χ3v) is 9.46. The van der Waals surface area contributed by atoms with E-state index in [1.165, 1.54) is 11.1 Å². The van der Waals surface area contributed by atoms with Gasteiger partial charge in [0, 0.05) is 40.5 Å². The first kappa shape index (κ1) is 34.0. The summed E-state index contributed by atoms with van der Waals surface area (Å²) in [7, 11) is 0. The van der Waals surface area contributed by atoms with Crippen molar-refractivity contribution >= 4 is 21.8 Å². The molecule has 0 unspecified atom stereocenters. The van der Waals surface area contributed by atoms with Gasteiger partial charge in [0.25, 0.3) is 0 Å². The molecule has 0 aliphatic carbocycles. The molecule has 0 atom stereocenters.